The number of hydrogen-bond acceptors (Lipinski definition) is 3. The van der Waals surface area contributed by atoms with E-state index < -0.39 is 5.54 Å². The molecule has 1 spiro atoms. The molecule has 0 unspecified atom stereocenters. The van der Waals surface area contributed by atoms with Crippen LogP contribution in [-0.4, -0.2) is 30.5 Å². The van der Waals surface area contributed by atoms with E-state index in [9.17, 15) is 9.59 Å². The number of ether oxygens (including phenoxy) is 1. The van der Waals surface area contributed by atoms with Crippen LogP contribution in [0.25, 0.3) is 0 Å². The number of benzene rings is 1. The lowest BCUT2D eigenvalue weighted by Crippen LogP contribution is -2.65. The standard InChI is InChI=1S/C16H20N2O3/c1-2-21-13-8-4-3-7-12(13)18-11-14(19)17-16(15(18)20)9-5-6-10-16/h3-4,7-8H,2,5-6,9-11H2,1H3,(H,17,19). The molecule has 1 aliphatic carbocycles. The quantitative estimate of drug-likeness (QED) is 0.923. The molecule has 0 atom stereocenters. The number of rotatable bonds is 3. The molecule has 21 heavy (non-hydrogen) atoms. The largest absolute Gasteiger partial charge is 0.492 e. The first-order valence-electron chi connectivity index (χ1n) is 7.51. The number of hydrogen-bond donors (Lipinski definition) is 1. The molecule has 2 aliphatic rings. The van der Waals surface area contributed by atoms with Gasteiger partial charge in [-0.15, -0.1) is 0 Å². The molecule has 112 valence electrons. The van der Waals surface area contributed by atoms with Gasteiger partial charge in [0.1, 0.15) is 17.8 Å². The van der Waals surface area contributed by atoms with E-state index in [1.54, 1.807) is 4.90 Å². The van der Waals surface area contributed by atoms with Gasteiger partial charge in [-0.2, -0.15) is 0 Å². The highest BCUT2D eigenvalue weighted by atomic mass is 16.5. The summed E-state index contributed by atoms with van der Waals surface area (Å²) in [6.07, 6.45) is 3.41. The molecule has 1 saturated carbocycles. The number of anilines is 1. The van der Waals surface area contributed by atoms with Crippen LogP contribution in [0.2, 0.25) is 0 Å². The number of piperazine rings is 1. The SMILES string of the molecule is CCOc1ccccc1N1CC(=O)NC2(CCCC2)C1=O. The van der Waals surface area contributed by atoms with Gasteiger partial charge in [-0.1, -0.05) is 25.0 Å². The molecule has 1 aromatic carbocycles. The van der Waals surface area contributed by atoms with Crippen LogP contribution in [0.1, 0.15) is 32.6 Å². The summed E-state index contributed by atoms with van der Waals surface area (Å²) in [5.41, 5.74) is -0.0141. The number of para-hydroxylation sites is 2. The Balaban J connectivity index is 1.97. The maximum absolute atomic E-state index is 12.9. The monoisotopic (exact) mass is 288 g/mol. The first-order chi connectivity index (χ1) is 10.2. The molecular weight excluding hydrogens is 268 g/mol. The van der Waals surface area contributed by atoms with Gasteiger partial charge >= 0.3 is 0 Å². The average Bonchev–Trinajstić information content (AvgIpc) is 2.93. The number of carbonyl (C=O) groups excluding carboxylic acids is 2. The van der Waals surface area contributed by atoms with E-state index in [0.29, 0.717) is 18.0 Å². The number of carbonyl (C=O) groups is 2. The number of nitrogens with one attached hydrogen (secondary N) is 1. The van der Waals surface area contributed by atoms with Gasteiger partial charge in [0, 0.05) is 0 Å². The van der Waals surface area contributed by atoms with Gasteiger partial charge in [0.2, 0.25) is 5.91 Å². The highest BCUT2D eigenvalue weighted by Crippen LogP contribution is 2.37. The van der Waals surface area contributed by atoms with E-state index in [0.717, 1.165) is 25.7 Å². The normalized spacial score (nSPS) is 20.7. The maximum atomic E-state index is 12.9. The fraction of sp³-hybridized carbons (Fsp3) is 0.500. The molecule has 5 nitrogen and oxygen atoms in total. The topological polar surface area (TPSA) is 58.6 Å². The summed E-state index contributed by atoms with van der Waals surface area (Å²) in [5, 5.41) is 2.92. The molecule has 0 bridgehead atoms. The summed E-state index contributed by atoms with van der Waals surface area (Å²) < 4.78 is 5.60. The minimum absolute atomic E-state index is 0.00764. The lowest BCUT2D eigenvalue weighted by Gasteiger charge is -2.40. The van der Waals surface area contributed by atoms with Crippen molar-refractivity contribution in [1.82, 2.24) is 5.32 Å². The number of nitrogens with zero attached hydrogens (tertiary/aromatic N) is 1. The van der Waals surface area contributed by atoms with Gasteiger partial charge in [0.25, 0.3) is 5.91 Å². The first-order valence-corrected chi connectivity index (χ1v) is 7.51. The first kappa shape index (κ1) is 13.9. The van der Waals surface area contributed by atoms with Crippen molar-refractivity contribution in [3.05, 3.63) is 24.3 Å². The molecule has 1 aromatic rings. The van der Waals surface area contributed by atoms with Crippen LogP contribution in [0.5, 0.6) is 5.75 Å². The van der Waals surface area contributed by atoms with E-state index in [1.165, 1.54) is 0 Å². The van der Waals surface area contributed by atoms with Crippen molar-refractivity contribution in [3.63, 3.8) is 0 Å². The van der Waals surface area contributed by atoms with Gasteiger partial charge in [0.15, 0.2) is 0 Å². The summed E-state index contributed by atoms with van der Waals surface area (Å²) in [7, 11) is 0. The molecule has 1 aliphatic heterocycles. The van der Waals surface area contributed by atoms with Crippen molar-refractivity contribution in [3.8, 4) is 5.75 Å². The fourth-order valence-corrected chi connectivity index (χ4v) is 3.30. The predicted molar refractivity (Wildman–Crippen MR) is 79.3 cm³/mol. The summed E-state index contributed by atoms with van der Waals surface area (Å²) in [6, 6.07) is 7.40. The Hall–Kier alpha value is -2.04. The second-order valence-electron chi connectivity index (χ2n) is 5.63. The zero-order chi connectivity index (χ0) is 14.9. The van der Waals surface area contributed by atoms with Crippen LogP contribution in [0.3, 0.4) is 0 Å². The van der Waals surface area contributed by atoms with Crippen molar-refractivity contribution in [2.24, 2.45) is 0 Å². The Labute approximate surface area is 124 Å². The molecule has 3 rings (SSSR count). The third-order valence-corrected chi connectivity index (χ3v) is 4.25. The van der Waals surface area contributed by atoms with Crippen molar-refractivity contribution in [1.29, 1.82) is 0 Å². The fourth-order valence-electron chi connectivity index (χ4n) is 3.30. The van der Waals surface area contributed by atoms with Crippen molar-refractivity contribution in [2.45, 2.75) is 38.1 Å². The zero-order valence-electron chi connectivity index (χ0n) is 12.2. The van der Waals surface area contributed by atoms with Crippen molar-refractivity contribution in [2.75, 3.05) is 18.1 Å². The molecule has 2 amide bonds. The molecule has 1 N–H and O–H groups in total. The van der Waals surface area contributed by atoms with Crippen LogP contribution in [0.4, 0.5) is 5.69 Å². The third kappa shape index (κ3) is 2.37. The van der Waals surface area contributed by atoms with E-state index in [4.69, 9.17) is 4.74 Å². The van der Waals surface area contributed by atoms with Crippen LogP contribution < -0.4 is 15.0 Å². The van der Waals surface area contributed by atoms with E-state index in [1.807, 2.05) is 31.2 Å². The lowest BCUT2D eigenvalue weighted by atomic mass is 9.92. The molecule has 5 heteroatoms. The average molecular weight is 288 g/mol. The lowest BCUT2D eigenvalue weighted by molar-refractivity contribution is -0.135. The maximum Gasteiger partial charge on any atom is 0.253 e. The van der Waals surface area contributed by atoms with Gasteiger partial charge in [-0.25, -0.2) is 0 Å². The minimum atomic E-state index is -0.700. The highest BCUT2D eigenvalue weighted by Gasteiger charge is 2.49. The molecule has 1 heterocycles. The Morgan fingerprint density at radius 2 is 1.95 bits per heavy atom. The Bertz CT molecular complexity index is 564. The Kier molecular flexibility index (Phi) is 3.57. The molecule has 0 radical (unpaired) electrons. The summed E-state index contributed by atoms with van der Waals surface area (Å²) in [4.78, 5) is 26.6. The summed E-state index contributed by atoms with van der Waals surface area (Å²) in [5.74, 6) is 0.547. The van der Waals surface area contributed by atoms with Crippen LogP contribution in [0.15, 0.2) is 24.3 Å². The van der Waals surface area contributed by atoms with Gasteiger partial charge in [0.05, 0.1) is 12.3 Å². The summed E-state index contributed by atoms with van der Waals surface area (Å²) >= 11 is 0. The van der Waals surface area contributed by atoms with Crippen molar-refractivity contribution < 1.29 is 14.3 Å². The van der Waals surface area contributed by atoms with Crippen LogP contribution >= 0.6 is 0 Å². The minimum Gasteiger partial charge on any atom is -0.492 e. The Morgan fingerprint density at radius 3 is 2.67 bits per heavy atom. The predicted octanol–water partition coefficient (Wildman–Crippen LogP) is 1.86. The second-order valence-corrected chi connectivity index (χ2v) is 5.63. The summed E-state index contributed by atoms with van der Waals surface area (Å²) in [6.45, 7) is 2.49. The van der Waals surface area contributed by atoms with Crippen LogP contribution in [0, 0.1) is 0 Å². The smallest absolute Gasteiger partial charge is 0.253 e. The highest BCUT2D eigenvalue weighted by molar-refractivity contribution is 6.10. The molecule has 2 fully saturated rings. The van der Waals surface area contributed by atoms with Gasteiger partial charge in [-0.05, 0) is 31.9 Å². The van der Waals surface area contributed by atoms with Crippen molar-refractivity contribution >= 4 is 17.5 Å². The van der Waals surface area contributed by atoms with Crippen LogP contribution in [-0.2, 0) is 9.59 Å². The van der Waals surface area contributed by atoms with Gasteiger partial charge in [-0.3, -0.25) is 14.5 Å². The van der Waals surface area contributed by atoms with E-state index >= 15 is 0 Å². The zero-order valence-corrected chi connectivity index (χ0v) is 12.2. The molecule has 0 aromatic heterocycles. The third-order valence-electron chi connectivity index (χ3n) is 4.25. The Morgan fingerprint density at radius 1 is 1.24 bits per heavy atom. The van der Waals surface area contributed by atoms with Gasteiger partial charge < -0.3 is 10.1 Å². The number of amides is 2. The van der Waals surface area contributed by atoms with E-state index in [-0.39, 0.29) is 18.4 Å². The van der Waals surface area contributed by atoms with E-state index in [2.05, 4.69) is 5.32 Å². The molecule has 1 saturated heterocycles. The second kappa shape index (κ2) is 5.39. The molecular formula is C16H20N2O3.